The highest BCUT2D eigenvalue weighted by molar-refractivity contribution is 9.10. The summed E-state index contributed by atoms with van der Waals surface area (Å²) in [6, 6.07) is 12.9. The molecule has 0 aliphatic rings. The molecule has 0 saturated carbocycles. The minimum absolute atomic E-state index is 0.0309. The van der Waals surface area contributed by atoms with Crippen LogP contribution in [0.4, 0.5) is 0 Å². The van der Waals surface area contributed by atoms with Crippen LogP contribution in [0.3, 0.4) is 0 Å². The van der Waals surface area contributed by atoms with Gasteiger partial charge in [-0.3, -0.25) is 4.79 Å². The number of nitrogens with one attached hydrogen (secondary N) is 1. The van der Waals surface area contributed by atoms with Crippen molar-refractivity contribution in [1.29, 1.82) is 0 Å². The molecule has 0 heterocycles. The molecule has 128 valence electrons. The van der Waals surface area contributed by atoms with E-state index in [1.165, 1.54) is 12.1 Å². The van der Waals surface area contributed by atoms with E-state index in [1.807, 2.05) is 12.1 Å². The lowest BCUT2D eigenvalue weighted by atomic mass is 10.1. The highest BCUT2D eigenvalue weighted by Crippen LogP contribution is 2.17. The van der Waals surface area contributed by atoms with Crippen LogP contribution in [-0.4, -0.2) is 20.9 Å². The van der Waals surface area contributed by atoms with Crippen molar-refractivity contribution in [3.8, 4) is 5.75 Å². The molecule has 2 aromatic carbocycles. The minimum atomic E-state index is -3.72. The molecule has 0 aliphatic heterocycles. The Morgan fingerprint density at radius 3 is 2.29 bits per heavy atom. The average molecular weight is 413 g/mol. The van der Waals surface area contributed by atoms with Gasteiger partial charge in [0.15, 0.2) is 6.61 Å². The second kappa shape index (κ2) is 7.78. The summed E-state index contributed by atoms with van der Waals surface area (Å²) in [6.07, 6.45) is 0. The van der Waals surface area contributed by atoms with Crippen molar-refractivity contribution in [2.24, 2.45) is 5.14 Å². The molecule has 2 rings (SSSR count). The number of halogens is 1. The lowest BCUT2D eigenvalue weighted by Crippen LogP contribution is -2.31. The van der Waals surface area contributed by atoms with Gasteiger partial charge in [-0.15, -0.1) is 0 Å². The number of amides is 1. The first kappa shape index (κ1) is 18.4. The highest BCUT2D eigenvalue weighted by atomic mass is 79.9. The Hall–Kier alpha value is -1.90. The van der Waals surface area contributed by atoms with Gasteiger partial charge in [0.25, 0.3) is 5.91 Å². The Morgan fingerprint density at radius 1 is 1.17 bits per heavy atom. The summed E-state index contributed by atoms with van der Waals surface area (Å²) in [7, 11) is -3.72. The number of hydrogen-bond donors (Lipinski definition) is 2. The van der Waals surface area contributed by atoms with Crippen LogP contribution in [0.5, 0.6) is 5.75 Å². The molecule has 1 amide bonds. The van der Waals surface area contributed by atoms with E-state index in [2.05, 4.69) is 21.2 Å². The standard InChI is InChI=1S/C16H17BrN2O4S/c1-11(12-2-8-15(9-3-12)24(18,21)22)19-16(20)10-23-14-6-4-13(17)5-7-14/h2-9,11H,10H2,1H3,(H,19,20)(H2,18,21,22). The second-order valence-electron chi connectivity index (χ2n) is 5.15. The smallest absolute Gasteiger partial charge is 0.258 e. The molecular weight excluding hydrogens is 396 g/mol. The predicted molar refractivity (Wildman–Crippen MR) is 94.0 cm³/mol. The van der Waals surface area contributed by atoms with E-state index < -0.39 is 10.0 Å². The van der Waals surface area contributed by atoms with Gasteiger partial charge >= 0.3 is 0 Å². The zero-order valence-corrected chi connectivity index (χ0v) is 15.3. The van der Waals surface area contributed by atoms with Crippen molar-refractivity contribution < 1.29 is 17.9 Å². The summed E-state index contributed by atoms with van der Waals surface area (Å²) in [4.78, 5) is 12.0. The van der Waals surface area contributed by atoms with E-state index in [9.17, 15) is 13.2 Å². The van der Waals surface area contributed by atoms with Gasteiger partial charge in [0.2, 0.25) is 10.0 Å². The Kier molecular flexibility index (Phi) is 5.98. The van der Waals surface area contributed by atoms with Gasteiger partial charge in [-0.1, -0.05) is 28.1 Å². The van der Waals surface area contributed by atoms with Gasteiger partial charge < -0.3 is 10.1 Å². The van der Waals surface area contributed by atoms with Gasteiger partial charge in [0.05, 0.1) is 10.9 Å². The number of rotatable bonds is 6. The lowest BCUT2D eigenvalue weighted by molar-refractivity contribution is -0.123. The van der Waals surface area contributed by atoms with Gasteiger partial charge in [0, 0.05) is 4.47 Å². The number of ether oxygens (including phenoxy) is 1. The summed E-state index contributed by atoms with van der Waals surface area (Å²) in [5, 5.41) is 7.83. The summed E-state index contributed by atoms with van der Waals surface area (Å²) in [6.45, 7) is 1.69. The zero-order valence-electron chi connectivity index (χ0n) is 12.9. The quantitative estimate of drug-likeness (QED) is 0.760. The third-order valence-electron chi connectivity index (χ3n) is 3.27. The molecule has 0 bridgehead atoms. The van der Waals surface area contributed by atoms with Gasteiger partial charge in [-0.05, 0) is 48.9 Å². The normalized spacial score (nSPS) is 12.5. The maximum absolute atomic E-state index is 11.9. The molecule has 3 N–H and O–H groups in total. The predicted octanol–water partition coefficient (Wildman–Crippen LogP) is 2.35. The van der Waals surface area contributed by atoms with Gasteiger partial charge in [-0.2, -0.15) is 0 Å². The van der Waals surface area contributed by atoms with E-state index in [4.69, 9.17) is 9.88 Å². The van der Waals surface area contributed by atoms with Crippen molar-refractivity contribution in [1.82, 2.24) is 5.32 Å². The first-order valence-corrected chi connectivity index (χ1v) is 9.40. The van der Waals surface area contributed by atoms with Crippen molar-refractivity contribution in [3.63, 3.8) is 0 Å². The maximum atomic E-state index is 11.9. The van der Waals surface area contributed by atoms with E-state index in [1.54, 1.807) is 31.2 Å². The molecule has 8 heteroatoms. The van der Waals surface area contributed by atoms with Crippen LogP contribution < -0.4 is 15.2 Å². The van der Waals surface area contributed by atoms with Gasteiger partial charge in [0.1, 0.15) is 5.75 Å². The third kappa shape index (κ3) is 5.33. The summed E-state index contributed by atoms with van der Waals surface area (Å²) >= 11 is 3.32. The molecule has 1 atom stereocenters. The van der Waals surface area contributed by atoms with Crippen LogP contribution in [0.25, 0.3) is 0 Å². The lowest BCUT2D eigenvalue weighted by Gasteiger charge is -2.15. The molecule has 1 unspecified atom stereocenters. The molecule has 0 saturated heterocycles. The zero-order chi connectivity index (χ0) is 17.7. The summed E-state index contributed by atoms with van der Waals surface area (Å²) in [5.41, 5.74) is 0.763. The Morgan fingerprint density at radius 2 is 1.75 bits per heavy atom. The first-order chi connectivity index (χ1) is 11.3. The van der Waals surface area contributed by atoms with Crippen LogP contribution in [-0.2, 0) is 14.8 Å². The molecule has 0 spiro atoms. The minimum Gasteiger partial charge on any atom is -0.484 e. The SMILES string of the molecule is CC(NC(=O)COc1ccc(Br)cc1)c1ccc(S(N)(=O)=O)cc1. The monoisotopic (exact) mass is 412 g/mol. The van der Waals surface area contributed by atoms with Crippen LogP contribution in [0.1, 0.15) is 18.5 Å². The number of hydrogen-bond acceptors (Lipinski definition) is 4. The largest absolute Gasteiger partial charge is 0.484 e. The fourth-order valence-electron chi connectivity index (χ4n) is 1.99. The summed E-state index contributed by atoms with van der Waals surface area (Å²) < 4.78 is 28.8. The van der Waals surface area contributed by atoms with E-state index in [0.717, 1.165) is 10.0 Å². The molecule has 0 aromatic heterocycles. The molecule has 2 aromatic rings. The molecule has 0 radical (unpaired) electrons. The van der Waals surface area contributed by atoms with Crippen LogP contribution in [0, 0.1) is 0 Å². The van der Waals surface area contributed by atoms with Crippen molar-refractivity contribution in [2.75, 3.05) is 6.61 Å². The number of carbonyl (C=O) groups is 1. The van der Waals surface area contributed by atoms with Crippen LogP contribution in [0.2, 0.25) is 0 Å². The third-order valence-corrected chi connectivity index (χ3v) is 4.73. The van der Waals surface area contributed by atoms with Crippen molar-refractivity contribution in [3.05, 3.63) is 58.6 Å². The van der Waals surface area contributed by atoms with Crippen LogP contribution in [0.15, 0.2) is 57.9 Å². The number of carbonyl (C=O) groups excluding carboxylic acids is 1. The van der Waals surface area contributed by atoms with Crippen molar-refractivity contribution in [2.45, 2.75) is 17.9 Å². The van der Waals surface area contributed by atoms with Gasteiger partial charge in [-0.25, -0.2) is 13.6 Å². The Balaban J connectivity index is 1.90. The molecular formula is C16H17BrN2O4S. The Labute approximate surface area is 149 Å². The molecule has 0 aliphatic carbocycles. The maximum Gasteiger partial charge on any atom is 0.258 e. The van der Waals surface area contributed by atoms with E-state index in [0.29, 0.717) is 5.75 Å². The average Bonchev–Trinajstić information content (AvgIpc) is 2.53. The van der Waals surface area contributed by atoms with E-state index in [-0.39, 0.29) is 23.5 Å². The number of benzene rings is 2. The number of nitrogens with two attached hydrogens (primary N) is 1. The topological polar surface area (TPSA) is 98.5 Å². The first-order valence-electron chi connectivity index (χ1n) is 7.06. The Bertz CT molecular complexity index is 805. The fourth-order valence-corrected chi connectivity index (χ4v) is 2.77. The molecule has 6 nitrogen and oxygen atoms in total. The molecule has 24 heavy (non-hydrogen) atoms. The molecule has 0 fully saturated rings. The fraction of sp³-hybridized carbons (Fsp3) is 0.188. The highest BCUT2D eigenvalue weighted by Gasteiger charge is 2.12. The number of primary sulfonamides is 1. The summed E-state index contributed by atoms with van der Waals surface area (Å²) in [5.74, 6) is 0.319. The second-order valence-corrected chi connectivity index (χ2v) is 7.62. The van der Waals surface area contributed by atoms with Crippen LogP contribution >= 0.6 is 15.9 Å². The van der Waals surface area contributed by atoms with Crippen molar-refractivity contribution >= 4 is 31.9 Å². The number of sulfonamides is 1. The van der Waals surface area contributed by atoms with E-state index >= 15 is 0 Å².